The van der Waals surface area contributed by atoms with Crippen LogP contribution in [0.15, 0.2) is 0 Å². The lowest BCUT2D eigenvalue weighted by Crippen LogP contribution is -2.19. The van der Waals surface area contributed by atoms with Gasteiger partial charge in [0.25, 0.3) is 0 Å². The number of sulfonamides is 1. The van der Waals surface area contributed by atoms with Crippen LogP contribution < -0.4 is 15.8 Å². The molecule has 0 aliphatic heterocycles. The van der Waals surface area contributed by atoms with Crippen molar-refractivity contribution in [2.24, 2.45) is 5.14 Å². The van der Waals surface area contributed by atoms with Crippen LogP contribution in [0.4, 0.5) is 11.6 Å². The third-order valence-electron chi connectivity index (χ3n) is 2.70. The Kier molecular flexibility index (Phi) is 6.15. The molecule has 4 N–H and O–H groups in total. The molecule has 0 aliphatic carbocycles. The molecule has 0 saturated carbocycles. The molecular weight excluding hydrogens is 278 g/mol. The van der Waals surface area contributed by atoms with Gasteiger partial charge in [-0.15, -0.1) is 0 Å². The molecule has 0 aromatic carbocycles. The molecule has 1 rings (SSSR count). The third kappa shape index (κ3) is 5.70. The average Bonchev–Trinajstić information content (AvgIpc) is 2.35. The van der Waals surface area contributed by atoms with Crippen molar-refractivity contribution < 1.29 is 8.42 Å². The molecular formula is C12H23N5O2S. The third-order valence-corrected chi connectivity index (χ3v) is 3.56. The fourth-order valence-electron chi connectivity index (χ4n) is 1.70. The molecule has 0 amide bonds. The summed E-state index contributed by atoms with van der Waals surface area (Å²) in [6.45, 7) is 7.19. The maximum atomic E-state index is 10.9. The van der Waals surface area contributed by atoms with E-state index in [1.807, 2.05) is 13.8 Å². The van der Waals surface area contributed by atoms with Crippen LogP contribution in [0.5, 0.6) is 0 Å². The maximum Gasteiger partial charge on any atom is 0.209 e. The van der Waals surface area contributed by atoms with Crippen molar-refractivity contribution in [1.29, 1.82) is 0 Å². The Morgan fingerprint density at radius 2 is 1.65 bits per heavy atom. The number of primary sulfonamides is 1. The van der Waals surface area contributed by atoms with Crippen molar-refractivity contribution in [3.8, 4) is 0 Å². The van der Waals surface area contributed by atoms with E-state index < -0.39 is 10.0 Å². The van der Waals surface area contributed by atoms with Gasteiger partial charge in [0.1, 0.15) is 17.5 Å². The highest BCUT2D eigenvalue weighted by Gasteiger charge is 2.09. The van der Waals surface area contributed by atoms with Crippen molar-refractivity contribution >= 4 is 21.7 Å². The molecule has 7 nitrogen and oxygen atoms in total. The van der Waals surface area contributed by atoms with Gasteiger partial charge in [-0.3, -0.25) is 0 Å². The largest absolute Gasteiger partial charge is 0.370 e. The van der Waals surface area contributed by atoms with E-state index in [1.165, 1.54) is 0 Å². The van der Waals surface area contributed by atoms with Crippen molar-refractivity contribution in [3.63, 3.8) is 0 Å². The molecule has 0 atom stereocenters. The highest BCUT2D eigenvalue weighted by Crippen LogP contribution is 2.19. The summed E-state index contributed by atoms with van der Waals surface area (Å²) in [7, 11) is -3.40. The SMILES string of the molecule is CCCNc1nc(C)nc(NCCCS(N)(=O)=O)c1C. The second-order valence-corrected chi connectivity index (χ2v) is 6.40. The lowest BCUT2D eigenvalue weighted by Gasteiger charge is -2.13. The number of hydrogen-bond acceptors (Lipinski definition) is 6. The van der Waals surface area contributed by atoms with Gasteiger partial charge in [-0.05, 0) is 26.7 Å². The number of nitrogens with one attached hydrogen (secondary N) is 2. The highest BCUT2D eigenvalue weighted by atomic mass is 32.2. The standard InChI is InChI=1S/C12H23N5O2S/c1-4-6-14-11-9(2)12(17-10(3)16-11)15-7-5-8-20(13,18)19/h4-8H2,1-3H3,(H2,13,18,19)(H2,14,15,16,17). The van der Waals surface area contributed by atoms with E-state index >= 15 is 0 Å². The molecule has 1 aromatic heterocycles. The van der Waals surface area contributed by atoms with Crippen molar-refractivity contribution in [2.45, 2.75) is 33.6 Å². The number of anilines is 2. The van der Waals surface area contributed by atoms with Crippen LogP contribution >= 0.6 is 0 Å². The van der Waals surface area contributed by atoms with E-state index in [4.69, 9.17) is 5.14 Å². The zero-order valence-corrected chi connectivity index (χ0v) is 13.0. The molecule has 0 aliphatic rings. The molecule has 1 heterocycles. The molecule has 20 heavy (non-hydrogen) atoms. The summed E-state index contributed by atoms with van der Waals surface area (Å²) >= 11 is 0. The van der Waals surface area contributed by atoms with Crippen molar-refractivity contribution in [2.75, 3.05) is 29.5 Å². The minimum atomic E-state index is -3.40. The highest BCUT2D eigenvalue weighted by molar-refractivity contribution is 7.89. The Morgan fingerprint density at radius 3 is 2.15 bits per heavy atom. The quantitative estimate of drug-likeness (QED) is 0.618. The first-order valence-electron chi connectivity index (χ1n) is 6.67. The number of aromatic nitrogens is 2. The minimum Gasteiger partial charge on any atom is -0.370 e. The number of aryl methyl sites for hydroxylation is 1. The first-order valence-corrected chi connectivity index (χ1v) is 8.38. The topological polar surface area (TPSA) is 110 Å². The van der Waals surface area contributed by atoms with Crippen LogP contribution in [0.2, 0.25) is 0 Å². The Morgan fingerprint density at radius 1 is 1.10 bits per heavy atom. The average molecular weight is 301 g/mol. The monoisotopic (exact) mass is 301 g/mol. The Hall–Kier alpha value is -1.41. The Bertz CT molecular complexity index is 545. The first-order chi connectivity index (χ1) is 9.33. The van der Waals surface area contributed by atoms with Crippen molar-refractivity contribution in [3.05, 3.63) is 11.4 Å². The van der Waals surface area contributed by atoms with E-state index in [2.05, 4.69) is 27.5 Å². The van der Waals surface area contributed by atoms with Gasteiger partial charge in [-0.2, -0.15) is 0 Å². The van der Waals surface area contributed by atoms with Gasteiger partial charge in [0, 0.05) is 18.7 Å². The molecule has 0 spiro atoms. The second kappa shape index (κ2) is 7.39. The number of rotatable bonds is 8. The summed E-state index contributed by atoms with van der Waals surface area (Å²) in [5.41, 5.74) is 0.930. The smallest absolute Gasteiger partial charge is 0.209 e. The Labute approximate surface area is 120 Å². The number of hydrogen-bond donors (Lipinski definition) is 3. The van der Waals surface area contributed by atoms with Crippen LogP contribution in [0.1, 0.15) is 31.2 Å². The number of nitrogens with zero attached hydrogens (tertiary/aromatic N) is 2. The summed E-state index contributed by atoms with van der Waals surface area (Å²) in [5, 5.41) is 11.3. The lowest BCUT2D eigenvalue weighted by atomic mass is 10.3. The summed E-state index contributed by atoms with van der Waals surface area (Å²) < 4.78 is 21.7. The summed E-state index contributed by atoms with van der Waals surface area (Å²) in [5.74, 6) is 2.17. The van der Waals surface area contributed by atoms with Crippen molar-refractivity contribution in [1.82, 2.24) is 9.97 Å². The van der Waals surface area contributed by atoms with Gasteiger partial charge >= 0.3 is 0 Å². The van der Waals surface area contributed by atoms with Crippen LogP contribution in [0, 0.1) is 13.8 Å². The fraction of sp³-hybridized carbons (Fsp3) is 0.667. The zero-order chi connectivity index (χ0) is 15.2. The van der Waals surface area contributed by atoms with Gasteiger partial charge in [0.15, 0.2) is 0 Å². The predicted octanol–water partition coefficient (Wildman–Crippen LogP) is 1.01. The van der Waals surface area contributed by atoms with Gasteiger partial charge < -0.3 is 10.6 Å². The molecule has 114 valence electrons. The van der Waals surface area contributed by atoms with Crippen LogP contribution in [-0.2, 0) is 10.0 Å². The van der Waals surface area contributed by atoms with Gasteiger partial charge in [0.05, 0.1) is 5.75 Å². The molecule has 0 fully saturated rings. The normalized spacial score (nSPS) is 11.4. The molecule has 0 radical (unpaired) electrons. The van der Waals surface area contributed by atoms with E-state index in [-0.39, 0.29) is 5.75 Å². The van der Waals surface area contributed by atoms with Crippen LogP contribution in [-0.4, -0.2) is 37.2 Å². The molecule has 0 bridgehead atoms. The van der Waals surface area contributed by atoms with Gasteiger partial charge in [-0.1, -0.05) is 6.92 Å². The maximum absolute atomic E-state index is 10.9. The van der Waals surface area contributed by atoms with E-state index in [0.29, 0.717) is 18.8 Å². The first kappa shape index (κ1) is 16.6. The van der Waals surface area contributed by atoms with E-state index in [0.717, 1.165) is 30.2 Å². The molecule has 0 saturated heterocycles. The number of nitrogens with two attached hydrogens (primary N) is 1. The molecule has 0 unspecified atom stereocenters. The van der Waals surface area contributed by atoms with Crippen LogP contribution in [0.3, 0.4) is 0 Å². The zero-order valence-electron chi connectivity index (χ0n) is 12.2. The van der Waals surface area contributed by atoms with Gasteiger partial charge in [0.2, 0.25) is 10.0 Å². The second-order valence-electron chi connectivity index (χ2n) is 4.67. The Balaban J connectivity index is 2.67. The fourth-order valence-corrected chi connectivity index (χ4v) is 2.24. The summed E-state index contributed by atoms with van der Waals surface area (Å²) in [6.07, 6.45) is 1.46. The van der Waals surface area contributed by atoms with Gasteiger partial charge in [-0.25, -0.2) is 23.5 Å². The van der Waals surface area contributed by atoms with E-state index in [9.17, 15) is 8.42 Å². The summed E-state index contributed by atoms with van der Waals surface area (Å²) in [6, 6.07) is 0. The van der Waals surface area contributed by atoms with Crippen LogP contribution in [0.25, 0.3) is 0 Å². The molecule has 8 heteroatoms. The molecule has 1 aromatic rings. The minimum absolute atomic E-state index is 0.0376. The summed E-state index contributed by atoms with van der Waals surface area (Å²) in [4.78, 5) is 8.69. The van der Waals surface area contributed by atoms with E-state index in [1.54, 1.807) is 0 Å². The lowest BCUT2D eigenvalue weighted by molar-refractivity contribution is 0.595. The predicted molar refractivity (Wildman–Crippen MR) is 81.4 cm³/mol.